The lowest BCUT2D eigenvalue weighted by Crippen LogP contribution is -2.47. The molecule has 1 aliphatic rings. The minimum absolute atomic E-state index is 0.0222. The van der Waals surface area contributed by atoms with Crippen LogP contribution in [0, 0.1) is 0 Å². The Balaban J connectivity index is 2.58. The van der Waals surface area contributed by atoms with Gasteiger partial charge in [0.05, 0.1) is 0 Å². The van der Waals surface area contributed by atoms with Crippen LogP contribution in [-0.2, 0) is 10.4 Å². The molecule has 18 heavy (non-hydrogen) atoms. The number of fused-ring (bicyclic) bond motifs is 1. The van der Waals surface area contributed by atoms with Gasteiger partial charge in [-0.2, -0.15) is 13.2 Å². The average Bonchev–Trinajstić information content (AvgIpc) is 2.51. The number of aliphatic hydroxyl groups is 1. The number of carbonyl (C=O) groups is 1. The lowest BCUT2D eigenvalue weighted by atomic mass is 9.94. The predicted molar refractivity (Wildman–Crippen MR) is 59.4 cm³/mol. The van der Waals surface area contributed by atoms with Crippen LogP contribution in [0.1, 0.15) is 5.56 Å². The molecule has 2 N–H and O–H groups in total. The molecule has 0 bridgehead atoms. The Bertz CT molecular complexity index is 514. The third-order valence-electron chi connectivity index (χ3n) is 2.90. The van der Waals surface area contributed by atoms with Crippen LogP contribution in [0.15, 0.2) is 18.2 Å². The first kappa shape index (κ1) is 12.7. The monoisotopic (exact) mass is 260 g/mol. The fourth-order valence-corrected chi connectivity index (χ4v) is 1.85. The molecule has 0 spiro atoms. The number of nitrogens with one attached hydrogen (secondary N) is 1. The van der Waals surface area contributed by atoms with Crippen LogP contribution in [0.25, 0.3) is 0 Å². The van der Waals surface area contributed by atoms with Gasteiger partial charge in [-0.15, -0.1) is 0 Å². The van der Waals surface area contributed by atoms with Crippen molar-refractivity contribution in [3.8, 4) is 0 Å². The van der Waals surface area contributed by atoms with Crippen LogP contribution >= 0.6 is 0 Å². The Morgan fingerprint density at radius 3 is 2.44 bits per heavy atom. The molecule has 1 unspecified atom stereocenters. The van der Waals surface area contributed by atoms with E-state index in [1.165, 1.54) is 12.1 Å². The highest BCUT2D eigenvalue weighted by molar-refractivity contribution is 6.06. The molecular weight excluding hydrogens is 249 g/mol. The van der Waals surface area contributed by atoms with Crippen molar-refractivity contribution in [3.05, 3.63) is 23.8 Å². The fourth-order valence-electron chi connectivity index (χ4n) is 1.85. The lowest BCUT2D eigenvalue weighted by Gasteiger charge is -2.24. The molecule has 0 fully saturated rings. The molecule has 0 aromatic heterocycles. The minimum atomic E-state index is -5.05. The summed E-state index contributed by atoms with van der Waals surface area (Å²) < 4.78 is 38.4. The molecule has 0 radical (unpaired) electrons. The number of nitrogens with zero attached hydrogens (tertiary/aromatic N) is 1. The maximum Gasteiger partial charge on any atom is 0.430 e. The van der Waals surface area contributed by atoms with E-state index in [1.54, 1.807) is 19.0 Å². The van der Waals surface area contributed by atoms with Crippen LogP contribution < -0.4 is 10.2 Å². The standard InChI is InChI=1S/C11H11F3N2O2/c1-16(2)6-3-4-7-8(5-6)15-9(17)10(7,18)11(12,13)14/h3-5,18H,1-2H3,(H,15,17). The van der Waals surface area contributed by atoms with Gasteiger partial charge in [0.1, 0.15) is 0 Å². The summed E-state index contributed by atoms with van der Waals surface area (Å²) in [6.45, 7) is 0. The smallest absolute Gasteiger partial charge is 0.378 e. The molecule has 1 atom stereocenters. The van der Waals surface area contributed by atoms with E-state index in [4.69, 9.17) is 0 Å². The summed E-state index contributed by atoms with van der Waals surface area (Å²) in [6.07, 6.45) is -5.05. The van der Waals surface area contributed by atoms with Gasteiger partial charge >= 0.3 is 6.18 Å². The summed E-state index contributed by atoms with van der Waals surface area (Å²) in [6, 6.07) is 3.91. The van der Waals surface area contributed by atoms with Gasteiger partial charge in [-0.05, 0) is 12.1 Å². The van der Waals surface area contributed by atoms with E-state index in [-0.39, 0.29) is 5.69 Å². The Morgan fingerprint density at radius 1 is 1.33 bits per heavy atom. The van der Waals surface area contributed by atoms with Crippen molar-refractivity contribution in [2.24, 2.45) is 0 Å². The van der Waals surface area contributed by atoms with Crippen molar-refractivity contribution in [3.63, 3.8) is 0 Å². The molecule has 1 aromatic carbocycles. The number of hydrogen-bond donors (Lipinski definition) is 2. The molecule has 98 valence electrons. The van der Waals surface area contributed by atoms with Gasteiger partial charge in [0, 0.05) is 31.0 Å². The predicted octanol–water partition coefficient (Wildman–Crippen LogP) is 1.45. The number of carbonyl (C=O) groups excluding carboxylic acids is 1. The number of halogens is 3. The first-order chi connectivity index (χ1) is 8.18. The Morgan fingerprint density at radius 2 is 1.94 bits per heavy atom. The largest absolute Gasteiger partial charge is 0.430 e. The number of hydrogen-bond acceptors (Lipinski definition) is 3. The van der Waals surface area contributed by atoms with Crippen LogP contribution in [0.3, 0.4) is 0 Å². The molecule has 0 saturated carbocycles. The van der Waals surface area contributed by atoms with Crippen LogP contribution in [0.5, 0.6) is 0 Å². The van der Waals surface area contributed by atoms with Crippen molar-refractivity contribution in [1.29, 1.82) is 0 Å². The van der Waals surface area contributed by atoms with Gasteiger partial charge in [-0.25, -0.2) is 0 Å². The van der Waals surface area contributed by atoms with Crippen molar-refractivity contribution >= 4 is 17.3 Å². The van der Waals surface area contributed by atoms with Crippen molar-refractivity contribution < 1.29 is 23.1 Å². The van der Waals surface area contributed by atoms with Gasteiger partial charge in [0.2, 0.25) is 0 Å². The first-order valence-corrected chi connectivity index (χ1v) is 5.10. The molecule has 2 rings (SSSR count). The maximum atomic E-state index is 12.8. The molecule has 0 aliphatic carbocycles. The molecule has 1 amide bonds. The maximum absolute atomic E-state index is 12.8. The third kappa shape index (κ3) is 1.54. The highest BCUT2D eigenvalue weighted by atomic mass is 19.4. The normalized spacial score (nSPS) is 22.7. The lowest BCUT2D eigenvalue weighted by molar-refractivity contribution is -0.252. The van der Waals surface area contributed by atoms with Crippen molar-refractivity contribution in [1.82, 2.24) is 0 Å². The topological polar surface area (TPSA) is 52.6 Å². The molecule has 1 aliphatic heterocycles. The van der Waals surface area contributed by atoms with Crippen molar-refractivity contribution in [2.45, 2.75) is 11.8 Å². The number of benzene rings is 1. The second kappa shape index (κ2) is 3.61. The Hall–Kier alpha value is -1.76. The zero-order valence-electron chi connectivity index (χ0n) is 9.67. The highest BCUT2D eigenvalue weighted by Crippen LogP contribution is 2.47. The van der Waals surface area contributed by atoms with E-state index in [1.807, 2.05) is 0 Å². The van der Waals surface area contributed by atoms with Crippen molar-refractivity contribution in [2.75, 3.05) is 24.3 Å². The summed E-state index contributed by atoms with van der Waals surface area (Å²) in [7, 11) is 3.43. The Labute approximate surface area is 101 Å². The van der Waals surface area contributed by atoms with E-state index < -0.39 is 23.2 Å². The number of rotatable bonds is 1. The quantitative estimate of drug-likeness (QED) is 0.803. The summed E-state index contributed by atoms with van der Waals surface area (Å²) in [4.78, 5) is 13.1. The van der Waals surface area contributed by atoms with Gasteiger partial charge in [-0.3, -0.25) is 4.79 Å². The van der Waals surface area contributed by atoms with Crippen LogP contribution in [0.4, 0.5) is 24.5 Å². The summed E-state index contributed by atoms with van der Waals surface area (Å²) in [5.41, 5.74) is -3.33. The van der Waals surface area contributed by atoms with E-state index in [0.29, 0.717) is 5.69 Å². The molecule has 7 heteroatoms. The van der Waals surface area contributed by atoms with E-state index in [9.17, 15) is 23.1 Å². The fraction of sp³-hybridized carbons (Fsp3) is 0.364. The molecule has 1 heterocycles. The van der Waals surface area contributed by atoms with Crippen LogP contribution in [0.2, 0.25) is 0 Å². The second-order valence-electron chi connectivity index (χ2n) is 4.29. The van der Waals surface area contributed by atoms with Crippen LogP contribution in [-0.4, -0.2) is 31.3 Å². The zero-order valence-corrected chi connectivity index (χ0v) is 9.67. The zero-order chi connectivity index (χ0) is 13.7. The second-order valence-corrected chi connectivity index (χ2v) is 4.29. The van der Waals surface area contributed by atoms with Gasteiger partial charge < -0.3 is 15.3 Å². The summed E-state index contributed by atoms with van der Waals surface area (Å²) >= 11 is 0. The summed E-state index contributed by atoms with van der Waals surface area (Å²) in [5.74, 6) is -1.47. The average molecular weight is 260 g/mol. The minimum Gasteiger partial charge on any atom is -0.378 e. The van der Waals surface area contributed by atoms with Gasteiger partial charge in [0.25, 0.3) is 11.5 Å². The number of amides is 1. The third-order valence-corrected chi connectivity index (χ3v) is 2.90. The Kier molecular flexibility index (Phi) is 2.55. The molecular formula is C11H11F3N2O2. The number of alkyl halides is 3. The molecule has 4 nitrogen and oxygen atoms in total. The van der Waals surface area contributed by atoms with E-state index in [2.05, 4.69) is 5.32 Å². The number of anilines is 2. The van der Waals surface area contributed by atoms with E-state index in [0.717, 1.165) is 6.07 Å². The SMILES string of the molecule is CN(C)c1ccc2c(c1)NC(=O)C2(O)C(F)(F)F. The van der Waals surface area contributed by atoms with E-state index >= 15 is 0 Å². The molecule has 0 saturated heterocycles. The van der Waals surface area contributed by atoms with Gasteiger partial charge in [0.15, 0.2) is 0 Å². The first-order valence-electron chi connectivity index (χ1n) is 5.10. The molecule has 1 aromatic rings. The van der Waals surface area contributed by atoms with Gasteiger partial charge in [-0.1, -0.05) is 6.07 Å². The highest BCUT2D eigenvalue weighted by Gasteiger charge is 2.64. The summed E-state index contributed by atoms with van der Waals surface area (Å²) in [5, 5.41) is 11.7.